The highest BCUT2D eigenvalue weighted by molar-refractivity contribution is 6.25. The lowest BCUT2D eigenvalue weighted by atomic mass is 9.93. The fraction of sp³-hybridized carbons (Fsp3) is 0. The molecule has 13 aromatic rings. The van der Waals surface area contributed by atoms with Crippen LogP contribution in [0.1, 0.15) is 0 Å². The lowest BCUT2D eigenvalue weighted by Crippen LogP contribution is -2.14. The van der Waals surface area contributed by atoms with Gasteiger partial charge in [0.1, 0.15) is 0 Å². The van der Waals surface area contributed by atoms with Crippen LogP contribution in [0.4, 0.5) is 34.1 Å². The Balaban J connectivity index is 1.07. The number of nitrogens with zero attached hydrogens (tertiary/aromatic N) is 2. The van der Waals surface area contributed by atoms with Crippen LogP contribution in [0.5, 0.6) is 0 Å². The summed E-state index contributed by atoms with van der Waals surface area (Å²) in [5, 5.41) is 20.2. The van der Waals surface area contributed by atoms with Gasteiger partial charge in [-0.05, 0) is 130 Å². The van der Waals surface area contributed by atoms with Crippen molar-refractivity contribution in [1.29, 1.82) is 0 Å². The molecule has 0 unspecified atom stereocenters. The molecule has 2 heteroatoms. The SMILES string of the molecule is c1cc(N(c2cc3ccc4cccc5ccc(c2)c3c45)c2cccc3ccccc23)cc(N(c2cc3ccc4cccc5ccc(c2)c3c45)c2cccc3ccccc23)c1. The summed E-state index contributed by atoms with van der Waals surface area (Å²) in [6, 6.07) is 80.9. The maximum atomic E-state index is 2.46. The largest absolute Gasteiger partial charge is 0.310 e. The second kappa shape index (κ2) is 12.8. The summed E-state index contributed by atoms with van der Waals surface area (Å²) in [7, 11) is 0. The standard InChI is InChI=1S/C58H36N2/c1-3-20-51-37(10-1)12-7-22-53(51)59(49-32-43-28-24-39-14-5-15-40-25-29-44(33-49)57(43)55(39)40)47-18-9-19-48(36-47)60(54-23-8-13-38-11-2-4-21-52(38)54)50-34-45-30-26-41-16-6-17-42-27-31-46(35-50)58(45)56(41)42/h1-36H. The third-order valence-corrected chi connectivity index (χ3v) is 12.8. The van der Waals surface area contributed by atoms with Crippen LogP contribution in [0.2, 0.25) is 0 Å². The second-order valence-corrected chi connectivity index (χ2v) is 16.1. The van der Waals surface area contributed by atoms with Crippen LogP contribution in [-0.2, 0) is 0 Å². The fourth-order valence-corrected chi connectivity index (χ4v) is 10.2. The van der Waals surface area contributed by atoms with E-state index in [4.69, 9.17) is 0 Å². The number of rotatable bonds is 6. The average Bonchev–Trinajstić information content (AvgIpc) is 3.30. The first-order valence-corrected chi connectivity index (χ1v) is 20.7. The van der Waals surface area contributed by atoms with E-state index in [1.807, 2.05) is 0 Å². The van der Waals surface area contributed by atoms with Gasteiger partial charge in [0.15, 0.2) is 0 Å². The van der Waals surface area contributed by atoms with Crippen molar-refractivity contribution in [3.63, 3.8) is 0 Å². The minimum Gasteiger partial charge on any atom is -0.310 e. The van der Waals surface area contributed by atoms with E-state index in [9.17, 15) is 0 Å². The van der Waals surface area contributed by atoms with E-state index in [1.54, 1.807) is 0 Å². The van der Waals surface area contributed by atoms with Crippen molar-refractivity contribution in [3.05, 3.63) is 218 Å². The van der Waals surface area contributed by atoms with Gasteiger partial charge in [-0.3, -0.25) is 0 Å². The Morgan fingerprint density at radius 3 is 0.917 bits per heavy atom. The molecule has 278 valence electrons. The van der Waals surface area contributed by atoms with Crippen molar-refractivity contribution in [3.8, 4) is 0 Å². The summed E-state index contributed by atoms with van der Waals surface area (Å²) in [4.78, 5) is 4.92. The Morgan fingerprint density at radius 1 is 0.200 bits per heavy atom. The van der Waals surface area contributed by atoms with Gasteiger partial charge >= 0.3 is 0 Å². The van der Waals surface area contributed by atoms with Crippen LogP contribution in [0.3, 0.4) is 0 Å². The molecule has 0 N–H and O–H groups in total. The smallest absolute Gasteiger partial charge is 0.0540 e. The first kappa shape index (κ1) is 33.1. The Morgan fingerprint density at radius 2 is 0.500 bits per heavy atom. The maximum Gasteiger partial charge on any atom is 0.0540 e. The van der Waals surface area contributed by atoms with Crippen LogP contribution in [0.25, 0.3) is 86.2 Å². The Labute approximate surface area is 347 Å². The molecule has 13 rings (SSSR count). The maximum absolute atomic E-state index is 2.46. The number of hydrogen-bond donors (Lipinski definition) is 0. The number of benzene rings is 13. The molecule has 0 radical (unpaired) electrons. The van der Waals surface area contributed by atoms with E-state index >= 15 is 0 Å². The molecule has 0 saturated heterocycles. The number of hydrogen-bond acceptors (Lipinski definition) is 2. The van der Waals surface area contributed by atoms with Crippen molar-refractivity contribution < 1.29 is 0 Å². The van der Waals surface area contributed by atoms with E-state index in [0.717, 1.165) is 34.1 Å². The molecular weight excluding hydrogens is 725 g/mol. The highest BCUT2D eigenvalue weighted by atomic mass is 15.2. The van der Waals surface area contributed by atoms with Crippen molar-refractivity contribution in [2.24, 2.45) is 0 Å². The van der Waals surface area contributed by atoms with E-state index in [1.165, 1.54) is 86.2 Å². The molecule has 0 saturated carbocycles. The third kappa shape index (κ3) is 4.95. The normalized spacial score (nSPS) is 12.0. The molecule has 0 aromatic heterocycles. The summed E-state index contributed by atoms with van der Waals surface area (Å²) in [5.41, 5.74) is 6.68. The topological polar surface area (TPSA) is 6.48 Å². The molecule has 60 heavy (non-hydrogen) atoms. The third-order valence-electron chi connectivity index (χ3n) is 12.8. The zero-order valence-corrected chi connectivity index (χ0v) is 32.7. The van der Waals surface area contributed by atoms with E-state index in [-0.39, 0.29) is 0 Å². The Bertz CT molecular complexity index is 3420. The minimum atomic E-state index is 1.08. The zero-order valence-electron chi connectivity index (χ0n) is 32.7. The Kier molecular flexibility index (Phi) is 7.05. The van der Waals surface area contributed by atoms with Gasteiger partial charge < -0.3 is 9.80 Å². The highest BCUT2D eigenvalue weighted by Gasteiger charge is 2.22. The van der Waals surface area contributed by atoms with Gasteiger partial charge in [0.25, 0.3) is 0 Å². The molecule has 0 fully saturated rings. The van der Waals surface area contributed by atoms with E-state index in [0.29, 0.717) is 0 Å². The predicted molar refractivity (Wildman–Crippen MR) is 258 cm³/mol. The quantitative estimate of drug-likeness (QED) is 0.156. The van der Waals surface area contributed by atoms with Gasteiger partial charge in [-0.15, -0.1) is 0 Å². The molecule has 0 aliphatic rings. The molecule has 0 bridgehead atoms. The molecular formula is C58H36N2. The van der Waals surface area contributed by atoms with Gasteiger partial charge in [0, 0.05) is 33.5 Å². The Hall–Kier alpha value is -7.94. The molecule has 13 aromatic carbocycles. The van der Waals surface area contributed by atoms with Crippen molar-refractivity contribution in [2.75, 3.05) is 9.80 Å². The van der Waals surface area contributed by atoms with Crippen molar-refractivity contribution in [2.45, 2.75) is 0 Å². The van der Waals surface area contributed by atoms with E-state index < -0.39 is 0 Å². The summed E-state index contributed by atoms with van der Waals surface area (Å²) in [6.07, 6.45) is 0. The van der Waals surface area contributed by atoms with Crippen LogP contribution in [0, 0.1) is 0 Å². The fourth-order valence-electron chi connectivity index (χ4n) is 10.2. The average molecular weight is 761 g/mol. The predicted octanol–water partition coefficient (Wildman–Crippen LogP) is 16.7. The molecule has 0 spiro atoms. The molecule has 0 atom stereocenters. The van der Waals surface area contributed by atoms with Gasteiger partial charge in [-0.1, -0.05) is 164 Å². The van der Waals surface area contributed by atoms with Gasteiger partial charge in [0.05, 0.1) is 11.4 Å². The van der Waals surface area contributed by atoms with Crippen molar-refractivity contribution >= 4 is 120 Å². The van der Waals surface area contributed by atoms with Crippen LogP contribution >= 0.6 is 0 Å². The highest BCUT2D eigenvalue weighted by Crippen LogP contribution is 2.47. The molecule has 0 heterocycles. The minimum absolute atomic E-state index is 1.08. The monoisotopic (exact) mass is 760 g/mol. The van der Waals surface area contributed by atoms with Gasteiger partial charge in [-0.25, -0.2) is 0 Å². The number of fused-ring (bicyclic) bond motifs is 2. The van der Waals surface area contributed by atoms with Gasteiger partial charge in [0.2, 0.25) is 0 Å². The van der Waals surface area contributed by atoms with Crippen LogP contribution in [0.15, 0.2) is 218 Å². The molecule has 2 nitrogen and oxygen atoms in total. The molecule has 0 aliphatic heterocycles. The zero-order chi connectivity index (χ0) is 39.3. The molecule has 0 aliphatic carbocycles. The van der Waals surface area contributed by atoms with E-state index in [2.05, 4.69) is 228 Å². The lowest BCUT2D eigenvalue weighted by molar-refractivity contribution is 1.27. The molecule has 0 amide bonds. The lowest BCUT2D eigenvalue weighted by Gasteiger charge is -2.31. The summed E-state index contributed by atoms with van der Waals surface area (Å²) in [6.45, 7) is 0. The first-order valence-electron chi connectivity index (χ1n) is 20.7. The van der Waals surface area contributed by atoms with Crippen LogP contribution < -0.4 is 9.80 Å². The van der Waals surface area contributed by atoms with Crippen molar-refractivity contribution in [1.82, 2.24) is 0 Å². The summed E-state index contributed by atoms with van der Waals surface area (Å²) in [5.74, 6) is 0. The first-order chi connectivity index (χ1) is 29.7. The van der Waals surface area contributed by atoms with Crippen LogP contribution in [-0.4, -0.2) is 0 Å². The van der Waals surface area contributed by atoms with Gasteiger partial charge in [-0.2, -0.15) is 0 Å². The second-order valence-electron chi connectivity index (χ2n) is 16.1. The summed E-state index contributed by atoms with van der Waals surface area (Å²) >= 11 is 0. The number of anilines is 6. The summed E-state index contributed by atoms with van der Waals surface area (Å²) < 4.78 is 0.